The summed E-state index contributed by atoms with van der Waals surface area (Å²) < 4.78 is 0. The van der Waals surface area contributed by atoms with Gasteiger partial charge in [-0.25, -0.2) is 9.59 Å². The largest absolute Gasteiger partial charge is 0.480 e. The maximum absolute atomic E-state index is 12.1. The van der Waals surface area contributed by atoms with E-state index >= 15 is 0 Å². The van der Waals surface area contributed by atoms with Gasteiger partial charge < -0.3 is 15.3 Å². The molecule has 3 atom stereocenters. The Hall–Kier alpha value is -1.26. The van der Waals surface area contributed by atoms with E-state index in [9.17, 15) is 9.59 Å². The molecule has 18 heavy (non-hydrogen) atoms. The number of urea groups is 1. The maximum Gasteiger partial charge on any atom is 0.326 e. The molecule has 0 aromatic heterocycles. The van der Waals surface area contributed by atoms with Crippen molar-refractivity contribution >= 4 is 12.0 Å². The number of carbonyl (C=O) groups is 2. The van der Waals surface area contributed by atoms with Crippen molar-refractivity contribution in [3.8, 4) is 0 Å². The van der Waals surface area contributed by atoms with E-state index in [0.717, 1.165) is 6.42 Å². The second-order valence-electron chi connectivity index (χ2n) is 5.86. The zero-order chi connectivity index (χ0) is 13.9. The molecule has 0 aliphatic carbocycles. The minimum Gasteiger partial charge on any atom is -0.480 e. The van der Waals surface area contributed by atoms with Crippen molar-refractivity contribution in [3.63, 3.8) is 0 Å². The number of amides is 2. The van der Waals surface area contributed by atoms with Gasteiger partial charge in [-0.15, -0.1) is 0 Å². The number of aliphatic carboxylic acids is 1. The average molecular weight is 256 g/mol. The third-order valence-electron chi connectivity index (χ3n) is 3.37. The molecule has 2 amide bonds. The fraction of sp³-hybridized carbons (Fsp3) is 0.846. The summed E-state index contributed by atoms with van der Waals surface area (Å²) in [7, 11) is 0. The van der Waals surface area contributed by atoms with Crippen LogP contribution in [0.5, 0.6) is 0 Å². The molecule has 0 spiro atoms. The standard InChI is InChI=1S/C13H24N2O3/c1-8(2)11(12(16)17)14-13(18)15-6-9(3)5-10(4)7-15/h8-11H,5-7H2,1-4H3,(H,14,18)(H,16,17)/t9?,10?,11-/m1/s1. The predicted octanol–water partition coefficient (Wildman–Crippen LogP) is 1.78. The van der Waals surface area contributed by atoms with Crippen LogP contribution in [0.1, 0.15) is 34.1 Å². The number of carbonyl (C=O) groups excluding carboxylic acids is 1. The van der Waals surface area contributed by atoms with E-state index in [4.69, 9.17) is 5.11 Å². The number of carboxylic acids is 1. The van der Waals surface area contributed by atoms with Crippen LogP contribution in [-0.4, -0.2) is 41.1 Å². The fourth-order valence-corrected chi connectivity index (χ4v) is 2.57. The molecule has 2 N–H and O–H groups in total. The first-order chi connectivity index (χ1) is 8.31. The van der Waals surface area contributed by atoms with Crippen LogP contribution >= 0.6 is 0 Å². The second kappa shape index (κ2) is 6.07. The van der Waals surface area contributed by atoms with E-state index in [0.29, 0.717) is 24.9 Å². The zero-order valence-corrected chi connectivity index (χ0v) is 11.6. The van der Waals surface area contributed by atoms with Crippen molar-refractivity contribution in [2.45, 2.75) is 40.2 Å². The lowest BCUT2D eigenvalue weighted by Crippen LogP contribution is -2.53. The molecular weight excluding hydrogens is 232 g/mol. The van der Waals surface area contributed by atoms with Crippen molar-refractivity contribution in [1.82, 2.24) is 10.2 Å². The first-order valence-electron chi connectivity index (χ1n) is 6.59. The highest BCUT2D eigenvalue weighted by atomic mass is 16.4. The van der Waals surface area contributed by atoms with Gasteiger partial charge in [0.25, 0.3) is 0 Å². The topological polar surface area (TPSA) is 69.6 Å². The summed E-state index contributed by atoms with van der Waals surface area (Å²) in [6, 6.07) is -1.07. The highest BCUT2D eigenvalue weighted by Crippen LogP contribution is 2.21. The number of hydrogen-bond acceptors (Lipinski definition) is 2. The van der Waals surface area contributed by atoms with E-state index in [1.807, 2.05) is 0 Å². The van der Waals surface area contributed by atoms with Crippen LogP contribution in [0.2, 0.25) is 0 Å². The van der Waals surface area contributed by atoms with Gasteiger partial charge in [0.15, 0.2) is 0 Å². The van der Waals surface area contributed by atoms with Crippen molar-refractivity contribution in [2.24, 2.45) is 17.8 Å². The molecule has 1 fully saturated rings. The lowest BCUT2D eigenvalue weighted by Gasteiger charge is -2.35. The first-order valence-corrected chi connectivity index (χ1v) is 6.59. The van der Waals surface area contributed by atoms with Crippen LogP contribution in [0.25, 0.3) is 0 Å². The van der Waals surface area contributed by atoms with Crippen molar-refractivity contribution in [3.05, 3.63) is 0 Å². The Morgan fingerprint density at radius 2 is 1.72 bits per heavy atom. The number of nitrogens with one attached hydrogen (secondary N) is 1. The van der Waals surface area contributed by atoms with Crippen LogP contribution in [0.3, 0.4) is 0 Å². The summed E-state index contributed by atoms with van der Waals surface area (Å²) in [4.78, 5) is 24.8. The molecule has 5 nitrogen and oxygen atoms in total. The third kappa shape index (κ3) is 3.89. The van der Waals surface area contributed by atoms with Crippen molar-refractivity contribution in [2.75, 3.05) is 13.1 Å². The van der Waals surface area contributed by atoms with Crippen LogP contribution in [-0.2, 0) is 4.79 Å². The molecule has 1 rings (SSSR count). The minimum absolute atomic E-state index is 0.119. The average Bonchev–Trinajstić information content (AvgIpc) is 2.23. The summed E-state index contributed by atoms with van der Waals surface area (Å²) in [5.41, 5.74) is 0. The first kappa shape index (κ1) is 14.8. The predicted molar refractivity (Wildman–Crippen MR) is 69.3 cm³/mol. The SMILES string of the molecule is CC1CC(C)CN(C(=O)N[C@@H](C(=O)O)C(C)C)C1. The van der Waals surface area contributed by atoms with Crippen LogP contribution in [0.4, 0.5) is 4.79 Å². The Balaban J connectivity index is 2.61. The smallest absolute Gasteiger partial charge is 0.326 e. The lowest BCUT2D eigenvalue weighted by atomic mass is 9.92. The van der Waals surface area contributed by atoms with E-state index < -0.39 is 12.0 Å². The van der Waals surface area contributed by atoms with Gasteiger partial charge in [-0.3, -0.25) is 0 Å². The molecule has 104 valence electrons. The Kier molecular flexibility index (Phi) is 4.99. The quantitative estimate of drug-likeness (QED) is 0.808. The van der Waals surface area contributed by atoms with Gasteiger partial charge in [-0.2, -0.15) is 0 Å². The van der Waals surface area contributed by atoms with E-state index in [1.54, 1.807) is 18.7 Å². The van der Waals surface area contributed by atoms with Crippen LogP contribution in [0.15, 0.2) is 0 Å². The summed E-state index contributed by atoms with van der Waals surface area (Å²) in [6.07, 6.45) is 1.12. The molecule has 1 saturated heterocycles. The molecule has 0 radical (unpaired) electrons. The summed E-state index contributed by atoms with van der Waals surface area (Å²) in [6.45, 7) is 9.24. The molecule has 0 aromatic rings. The summed E-state index contributed by atoms with van der Waals surface area (Å²) in [5, 5.41) is 11.7. The summed E-state index contributed by atoms with van der Waals surface area (Å²) >= 11 is 0. The number of piperidine rings is 1. The van der Waals surface area contributed by atoms with Gasteiger partial charge in [0.2, 0.25) is 0 Å². The van der Waals surface area contributed by atoms with Crippen LogP contribution < -0.4 is 5.32 Å². The van der Waals surface area contributed by atoms with Crippen molar-refractivity contribution in [1.29, 1.82) is 0 Å². The Morgan fingerprint density at radius 3 is 2.11 bits per heavy atom. The Morgan fingerprint density at radius 1 is 1.22 bits per heavy atom. The fourth-order valence-electron chi connectivity index (χ4n) is 2.57. The molecule has 1 aliphatic rings. The van der Waals surface area contributed by atoms with Crippen molar-refractivity contribution < 1.29 is 14.7 Å². The minimum atomic E-state index is -0.976. The molecular formula is C13H24N2O3. The molecule has 0 saturated carbocycles. The zero-order valence-electron chi connectivity index (χ0n) is 11.6. The number of nitrogens with zero attached hydrogens (tertiary/aromatic N) is 1. The van der Waals surface area contributed by atoms with Gasteiger partial charge in [0.05, 0.1) is 0 Å². The Bertz CT molecular complexity index is 307. The van der Waals surface area contributed by atoms with E-state index in [1.165, 1.54) is 0 Å². The normalized spacial score (nSPS) is 25.9. The Labute approximate surface area is 109 Å². The second-order valence-corrected chi connectivity index (χ2v) is 5.86. The highest BCUT2D eigenvalue weighted by molar-refractivity contribution is 5.82. The highest BCUT2D eigenvalue weighted by Gasteiger charge is 2.29. The van der Waals surface area contributed by atoms with E-state index in [-0.39, 0.29) is 11.9 Å². The monoisotopic (exact) mass is 256 g/mol. The van der Waals surface area contributed by atoms with Crippen LogP contribution in [0, 0.1) is 17.8 Å². The molecule has 2 unspecified atom stereocenters. The number of hydrogen-bond donors (Lipinski definition) is 2. The number of rotatable bonds is 3. The van der Waals surface area contributed by atoms with E-state index in [2.05, 4.69) is 19.2 Å². The number of carboxylic acid groups (broad SMARTS) is 1. The third-order valence-corrected chi connectivity index (χ3v) is 3.37. The lowest BCUT2D eigenvalue weighted by molar-refractivity contribution is -0.140. The molecule has 5 heteroatoms. The van der Waals surface area contributed by atoms with Gasteiger partial charge in [0, 0.05) is 13.1 Å². The molecule has 1 aliphatic heterocycles. The summed E-state index contributed by atoms with van der Waals surface area (Å²) in [5.74, 6) is -0.147. The van der Waals surface area contributed by atoms with Gasteiger partial charge in [-0.05, 0) is 24.2 Å². The molecule has 0 aromatic carbocycles. The molecule has 0 bridgehead atoms. The molecule has 1 heterocycles. The van der Waals surface area contributed by atoms with Gasteiger partial charge in [-0.1, -0.05) is 27.7 Å². The maximum atomic E-state index is 12.1. The number of likely N-dealkylation sites (tertiary alicyclic amines) is 1. The van der Waals surface area contributed by atoms with Gasteiger partial charge in [0.1, 0.15) is 6.04 Å². The van der Waals surface area contributed by atoms with Gasteiger partial charge >= 0.3 is 12.0 Å².